The zero-order valence-corrected chi connectivity index (χ0v) is 10.4. The number of alkyl halides is 2. The zero-order chi connectivity index (χ0) is 9.10. The molecule has 0 aromatic rings. The minimum absolute atomic E-state index is 1.19. The van der Waals surface area contributed by atoms with Crippen LogP contribution in [0.5, 0.6) is 0 Å². The molecule has 1 saturated heterocycles. The molecule has 11 heavy (non-hydrogen) atoms. The number of hydrogen-bond donors (Lipinski definition) is 0. The summed E-state index contributed by atoms with van der Waals surface area (Å²) in [6, 6.07) is 0. The molecular formula is C3H6Cl5N2P. The molecule has 1 aliphatic heterocycles. The molecule has 0 atom stereocenters. The van der Waals surface area contributed by atoms with Crippen molar-refractivity contribution < 1.29 is 0 Å². The van der Waals surface area contributed by atoms with Crippen LogP contribution in [-0.2, 0) is 0 Å². The molecular weight excluding hydrogens is 272 g/mol. The summed E-state index contributed by atoms with van der Waals surface area (Å²) in [7, 11) is 3.15. The summed E-state index contributed by atoms with van der Waals surface area (Å²) >= 11 is 29.2. The summed E-state index contributed by atoms with van der Waals surface area (Å²) in [6.07, 6.45) is 0. The molecule has 1 fully saturated rings. The topological polar surface area (TPSA) is 6.48 Å². The summed E-state index contributed by atoms with van der Waals surface area (Å²) in [5.74, 6) is 0. The predicted molar refractivity (Wildman–Crippen MR) is 54.4 cm³/mol. The van der Waals surface area contributed by atoms with Crippen molar-refractivity contribution in [2.75, 3.05) is 14.1 Å². The first-order chi connectivity index (χ1) is 4.59. The fraction of sp³-hybridized carbons (Fsp3) is 1.00. The Balaban J connectivity index is 2.98. The Hall–Kier alpha value is 1.80. The normalized spacial score (nSPS) is 38.6. The average molecular weight is 278 g/mol. The second kappa shape index (κ2) is 2.43. The van der Waals surface area contributed by atoms with Gasteiger partial charge in [-0.25, -0.2) is 0 Å². The van der Waals surface area contributed by atoms with Crippen LogP contribution in [0.2, 0.25) is 0 Å². The van der Waals surface area contributed by atoms with E-state index >= 15 is 0 Å². The Labute approximate surface area is 89.7 Å². The first kappa shape index (κ1) is 10.9. The first-order valence-electron chi connectivity index (χ1n) is 2.63. The summed E-state index contributed by atoms with van der Waals surface area (Å²) in [5, 5.41) is 0. The summed E-state index contributed by atoms with van der Waals surface area (Å²) in [4.78, 5) is -3.44. The number of hydrogen-bond acceptors (Lipinski definition) is 2. The Kier molecular flexibility index (Phi) is 2.40. The standard InChI is InChI=1S/C3H6Cl5N2P/c1-9-3(4,5)10(2)11(9,6,7)8/h1-2H3. The van der Waals surface area contributed by atoms with Gasteiger partial charge >= 0.3 is 89.9 Å². The number of nitrogens with zero attached hydrogens (tertiary/aromatic N) is 2. The molecule has 0 spiro atoms. The molecule has 1 aliphatic rings. The minimum atomic E-state index is -3.44. The molecule has 1 rings (SSSR count). The Morgan fingerprint density at radius 2 is 1.27 bits per heavy atom. The van der Waals surface area contributed by atoms with Crippen LogP contribution in [0.1, 0.15) is 0 Å². The molecule has 68 valence electrons. The molecule has 0 radical (unpaired) electrons. The summed E-state index contributed by atoms with van der Waals surface area (Å²) < 4.78 is 1.52. The van der Waals surface area contributed by atoms with Crippen molar-refractivity contribution in [1.29, 1.82) is 0 Å². The molecule has 0 aliphatic carbocycles. The van der Waals surface area contributed by atoms with Gasteiger partial charge in [0.2, 0.25) is 0 Å². The Bertz CT molecular complexity index is 182. The molecule has 1 heterocycles. The SMILES string of the molecule is CN1C(Cl)(Cl)N(C)P1(Cl)(Cl)Cl. The quantitative estimate of drug-likeness (QED) is 0.378. The molecule has 0 bridgehead atoms. The molecule has 0 aromatic heterocycles. The number of halogens is 5. The fourth-order valence-corrected chi connectivity index (χ4v) is 7.19. The van der Waals surface area contributed by atoms with E-state index in [4.69, 9.17) is 56.9 Å². The predicted octanol–water partition coefficient (Wildman–Crippen LogP) is 3.80. The van der Waals surface area contributed by atoms with Gasteiger partial charge in [0.1, 0.15) is 0 Å². The van der Waals surface area contributed by atoms with Gasteiger partial charge in [-0.2, -0.15) is 0 Å². The third-order valence-corrected chi connectivity index (χ3v) is 9.77. The molecule has 0 aromatic carbocycles. The van der Waals surface area contributed by atoms with Crippen molar-refractivity contribution in [3.63, 3.8) is 0 Å². The van der Waals surface area contributed by atoms with Gasteiger partial charge in [0.05, 0.1) is 0 Å². The van der Waals surface area contributed by atoms with E-state index < -0.39 is 9.54 Å². The van der Waals surface area contributed by atoms with Gasteiger partial charge in [-0.1, -0.05) is 0 Å². The molecule has 0 N–H and O–H groups in total. The van der Waals surface area contributed by atoms with E-state index in [-0.39, 0.29) is 0 Å². The second-order valence-corrected chi connectivity index (χ2v) is 13.5. The second-order valence-electron chi connectivity index (χ2n) is 2.29. The van der Waals surface area contributed by atoms with Gasteiger partial charge in [0, 0.05) is 0 Å². The molecule has 8 heteroatoms. The van der Waals surface area contributed by atoms with E-state index in [1.165, 1.54) is 9.34 Å². The maximum atomic E-state index is 5.89. The van der Waals surface area contributed by atoms with Crippen molar-refractivity contribution in [2.45, 2.75) is 4.58 Å². The van der Waals surface area contributed by atoms with Crippen LogP contribution >= 0.6 is 61.9 Å². The van der Waals surface area contributed by atoms with E-state index in [1.807, 2.05) is 0 Å². The Morgan fingerprint density at radius 3 is 1.36 bits per heavy atom. The van der Waals surface area contributed by atoms with Gasteiger partial charge in [0.25, 0.3) is 0 Å². The summed E-state index contributed by atoms with van der Waals surface area (Å²) in [6.45, 7) is 0. The third kappa shape index (κ3) is 1.28. The van der Waals surface area contributed by atoms with E-state index in [9.17, 15) is 0 Å². The average Bonchev–Trinajstić information content (AvgIpc) is 1.83. The third-order valence-electron chi connectivity index (χ3n) is 1.73. The van der Waals surface area contributed by atoms with Crippen LogP contribution in [-0.4, -0.2) is 28.0 Å². The van der Waals surface area contributed by atoms with E-state index in [0.29, 0.717) is 0 Å². The molecule has 0 unspecified atom stereocenters. The van der Waals surface area contributed by atoms with E-state index in [2.05, 4.69) is 0 Å². The number of rotatable bonds is 0. The van der Waals surface area contributed by atoms with Crippen molar-refractivity contribution in [3.8, 4) is 0 Å². The van der Waals surface area contributed by atoms with Crippen LogP contribution in [0, 0.1) is 0 Å². The fourth-order valence-electron chi connectivity index (χ4n) is 0.754. The monoisotopic (exact) mass is 276 g/mol. The van der Waals surface area contributed by atoms with Crippen molar-refractivity contribution in [3.05, 3.63) is 0 Å². The first-order valence-corrected chi connectivity index (χ1v) is 8.24. The van der Waals surface area contributed by atoms with Crippen molar-refractivity contribution >= 4 is 61.9 Å². The van der Waals surface area contributed by atoms with Crippen LogP contribution in [0.4, 0.5) is 0 Å². The maximum absolute atomic E-state index is 5.89. The van der Waals surface area contributed by atoms with Crippen LogP contribution in [0.25, 0.3) is 0 Å². The van der Waals surface area contributed by atoms with Crippen LogP contribution in [0.15, 0.2) is 0 Å². The van der Waals surface area contributed by atoms with Gasteiger partial charge in [-0.05, 0) is 0 Å². The van der Waals surface area contributed by atoms with Crippen LogP contribution < -0.4 is 0 Å². The molecule has 2 nitrogen and oxygen atoms in total. The zero-order valence-electron chi connectivity index (χ0n) is 5.73. The summed E-state index contributed by atoms with van der Waals surface area (Å²) in [5.41, 5.74) is 0. The molecule has 0 saturated carbocycles. The van der Waals surface area contributed by atoms with Gasteiger partial charge < -0.3 is 0 Å². The van der Waals surface area contributed by atoms with Gasteiger partial charge in [-0.3, -0.25) is 0 Å². The van der Waals surface area contributed by atoms with E-state index in [1.54, 1.807) is 14.1 Å². The van der Waals surface area contributed by atoms with Crippen LogP contribution in [0.3, 0.4) is 0 Å². The van der Waals surface area contributed by atoms with Gasteiger partial charge in [0.15, 0.2) is 0 Å². The van der Waals surface area contributed by atoms with Gasteiger partial charge in [-0.15, -0.1) is 0 Å². The molecule has 0 amide bonds. The van der Waals surface area contributed by atoms with Crippen molar-refractivity contribution in [2.24, 2.45) is 0 Å². The Morgan fingerprint density at radius 1 is 1.00 bits per heavy atom. The van der Waals surface area contributed by atoms with E-state index in [0.717, 1.165) is 0 Å². The van der Waals surface area contributed by atoms with Crippen molar-refractivity contribution in [1.82, 2.24) is 9.34 Å².